The van der Waals surface area contributed by atoms with E-state index in [1.54, 1.807) is 6.08 Å². The monoisotopic (exact) mass is 372 g/mol. The van der Waals surface area contributed by atoms with Crippen molar-refractivity contribution < 1.29 is 4.79 Å². The Morgan fingerprint density at radius 2 is 1.65 bits per heavy atom. The molecule has 1 saturated carbocycles. The molecule has 0 aromatic heterocycles. The number of hydrogen-bond acceptors (Lipinski definition) is 2. The molecule has 0 unspecified atom stereocenters. The van der Waals surface area contributed by atoms with Crippen LogP contribution in [0.3, 0.4) is 0 Å². The van der Waals surface area contributed by atoms with Crippen LogP contribution in [0.25, 0.3) is 6.08 Å². The first-order valence-electron chi connectivity index (χ1n) is 9.86. The van der Waals surface area contributed by atoms with Gasteiger partial charge in [0.1, 0.15) is 0 Å². The molecule has 1 aliphatic heterocycles. The molecule has 3 nitrogen and oxygen atoms in total. The van der Waals surface area contributed by atoms with Crippen LogP contribution in [0.5, 0.6) is 0 Å². The number of rotatable bonds is 4. The van der Waals surface area contributed by atoms with E-state index in [9.17, 15) is 4.79 Å². The molecule has 0 bridgehead atoms. The minimum atomic E-state index is 0.106. The molecule has 140 valence electrons. The third kappa shape index (κ3) is 5.46. The van der Waals surface area contributed by atoms with Gasteiger partial charge in [0, 0.05) is 43.3 Å². The minimum Gasteiger partial charge on any atom is -0.337 e. The first-order valence-corrected chi connectivity index (χ1v) is 10.2. The Labute approximate surface area is 162 Å². The highest BCUT2D eigenvalue weighted by Gasteiger charge is 2.25. The second-order valence-electron chi connectivity index (χ2n) is 7.25. The number of piperazine rings is 1. The van der Waals surface area contributed by atoms with Gasteiger partial charge in [-0.25, -0.2) is 0 Å². The third-order valence-electron chi connectivity index (χ3n) is 5.50. The molecule has 3 rings (SSSR count). The van der Waals surface area contributed by atoms with Crippen LogP contribution in [-0.4, -0.2) is 47.9 Å². The molecular formula is C22H29ClN2O. The maximum absolute atomic E-state index is 12.4. The summed E-state index contributed by atoms with van der Waals surface area (Å²) in [6.07, 6.45) is 15.5. The molecule has 1 aromatic rings. The van der Waals surface area contributed by atoms with Crippen molar-refractivity contribution in [2.24, 2.45) is 0 Å². The number of allylic oxidation sites excluding steroid dienone is 2. The normalized spacial score (nSPS) is 20.7. The van der Waals surface area contributed by atoms with E-state index in [1.807, 2.05) is 47.4 Å². The molecule has 4 heteroatoms. The molecule has 1 heterocycles. The van der Waals surface area contributed by atoms with Crippen LogP contribution in [-0.2, 0) is 4.79 Å². The average molecular weight is 373 g/mol. The van der Waals surface area contributed by atoms with Gasteiger partial charge >= 0.3 is 0 Å². The van der Waals surface area contributed by atoms with Crippen LogP contribution in [0.2, 0.25) is 5.02 Å². The van der Waals surface area contributed by atoms with Gasteiger partial charge in [-0.1, -0.05) is 73.7 Å². The number of nitrogens with zero attached hydrogens (tertiary/aromatic N) is 2. The van der Waals surface area contributed by atoms with Crippen LogP contribution < -0.4 is 0 Å². The molecule has 0 atom stereocenters. The van der Waals surface area contributed by atoms with Gasteiger partial charge in [-0.2, -0.15) is 0 Å². The molecular weight excluding hydrogens is 344 g/mol. The fourth-order valence-corrected chi connectivity index (χ4v) is 4.14. The molecule has 2 aliphatic rings. The van der Waals surface area contributed by atoms with E-state index in [2.05, 4.69) is 4.90 Å². The number of amides is 1. The fourth-order valence-electron chi connectivity index (χ4n) is 3.94. The Bertz CT molecular complexity index is 639. The van der Waals surface area contributed by atoms with Gasteiger partial charge in [0.2, 0.25) is 5.91 Å². The van der Waals surface area contributed by atoms with Crippen molar-refractivity contribution in [1.82, 2.24) is 9.80 Å². The highest BCUT2D eigenvalue weighted by molar-refractivity contribution is 6.32. The summed E-state index contributed by atoms with van der Waals surface area (Å²) in [6, 6.07) is 8.43. The molecule has 0 radical (unpaired) electrons. The van der Waals surface area contributed by atoms with Crippen molar-refractivity contribution in [3.63, 3.8) is 0 Å². The number of carbonyl (C=O) groups is 1. The number of hydrogen-bond donors (Lipinski definition) is 0. The lowest BCUT2D eigenvalue weighted by Gasteiger charge is -2.38. The van der Waals surface area contributed by atoms with Crippen molar-refractivity contribution in [3.05, 3.63) is 53.1 Å². The molecule has 1 aromatic carbocycles. The molecule has 0 spiro atoms. The minimum absolute atomic E-state index is 0.106. The van der Waals surface area contributed by atoms with Gasteiger partial charge < -0.3 is 4.90 Å². The highest BCUT2D eigenvalue weighted by atomic mass is 35.5. The second-order valence-corrected chi connectivity index (χ2v) is 7.65. The lowest BCUT2D eigenvalue weighted by molar-refractivity contribution is -0.128. The predicted octanol–water partition coefficient (Wildman–Crippen LogP) is 4.78. The van der Waals surface area contributed by atoms with Crippen molar-refractivity contribution in [2.45, 2.75) is 44.6 Å². The first-order chi connectivity index (χ1) is 12.7. The summed E-state index contributed by atoms with van der Waals surface area (Å²) in [5, 5.41) is 0.720. The lowest BCUT2D eigenvalue weighted by Crippen LogP contribution is -2.51. The van der Waals surface area contributed by atoms with Crippen LogP contribution in [0.4, 0.5) is 0 Å². The topological polar surface area (TPSA) is 23.6 Å². The Hall–Kier alpha value is -1.58. The van der Waals surface area contributed by atoms with Gasteiger partial charge in [0.25, 0.3) is 0 Å². The van der Waals surface area contributed by atoms with Crippen LogP contribution >= 0.6 is 11.6 Å². The maximum Gasteiger partial charge on any atom is 0.246 e. The molecule has 2 fully saturated rings. The largest absolute Gasteiger partial charge is 0.337 e. The van der Waals surface area contributed by atoms with E-state index in [0.29, 0.717) is 0 Å². The molecule has 1 amide bonds. The van der Waals surface area contributed by atoms with E-state index in [4.69, 9.17) is 11.6 Å². The molecule has 1 aliphatic carbocycles. The summed E-state index contributed by atoms with van der Waals surface area (Å²) in [4.78, 5) is 16.9. The van der Waals surface area contributed by atoms with Crippen LogP contribution in [0.1, 0.15) is 44.1 Å². The zero-order valence-corrected chi connectivity index (χ0v) is 16.2. The number of halogens is 1. The Morgan fingerprint density at radius 3 is 2.35 bits per heavy atom. The van der Waals surface area contributed by atoms with E-state index in [0.717, 1.165) is 42.8 Å². The van der Waals surface area contributed by atoms with Gasteiger partial charge in [0.15, 0.2) is 0 Å². The van der Waals surface area contributed by atoms with Crippen molar-refractivity contribution >= 4 is 23.6 Å². The summed E-state index contributed by atoms with van der Waals surface area (Å²) in [5.74, 6) is 0.106. The van der Waals surface area contributed by atoms with Gasteiger partial charge in [-0.15, -0.1) is 0 Å². The summed E-state index contributed by atoms with van der Waals surface area (Å²) in [5.41, 5.74) is 0.961. The van der Waals surface area contributed by atoms with Gasteiger partial charge in [0.05, 0.1) is 0 Å². The average Bonchev–Trinajstić information content (AvgIpc) is 2.96. The molecule has 1 saturated heterocycles. The number of carbonyl (C=O) groups excluding carboxylic acids is 1. The van der Waals surface area contributed by atoms with Crippen LogP contribution in [0, 0.1) is 0 Å². The second kappa shape index (κ2) is 9.94. The first kappa shape index (κ1) is 19.2. The number of benzene rings is 1. The smallest absolute Gasteiger partial charge is 0.246 e. The Kier molecular flexibility index (Phi) is 7.33. The van der Waals surface area contributed by atoms with E-state index in [1.165, 1.54) is 38.5 Å². The van der Waals surface area contributed by atoms with Gasteiger partial charge in [-0.3, -0.25) is 9.69 Å². The lowest BCUT2D eigenvalue weighted by atomic mass is 10.1. The Balaban J connectivity index is 1.45. The quantitative estimate of drug-likeness (QED) is 0.431. The molecule has 26 heavy (non-hydrogen) atoms. The summed E-state index contributed by atoms with van der Waals surface area (Å²) >= 11 is 6.12. The predicted molar refractivity (Wildman–Crippen MR) is 109 cm³/mol. The summed E-state index contributed by atoms with van der Waals surface area (Å²) < 4.78 is 0. The zero-order chi connectivity index (χ0) is 18.2. The molecule has 0 N–H and O–H groups in total. The van der Waals surface area contributed by atoms with Gasteiger partial charge in [-0.05, 0) is 24.5 Å². The summed E-state index contributed by atoms with van der Waals surface area (Å²) in [7, 11) is 0. The van der Waals surface area contributed by atoms with E-state index < -0.39 is 0 Å². The zero-order valence-electron chi connectivity index (χ0n) is 15.4. The van der Waals surface area contributed by atoms with Crippen molar-refractivity contribution in [2.75, 3.05) is 26.2 Å². The SMILES string of the molecule is O=C(/C=C/C=C/c1ccccc1Cl)N1CCN(C2CCCCCC2)CC1. The van der Waals surface area contributed by atoms with Crippen LogP contribution in [0.15, 0.2) is 42.5 Å². The third-order valence-corrected chi connectivity index (χ3v) is 5.84. The Morgan fingerprint density at radius 1 is 0.962 bits per heavy atom. The fraction of sp³-hybridized carbons (Fsp3) is 0.500. The van der Waals surface area contributed by atoms with Crippen molar-refractivity contribution in [1.29, 1.82) is 0 Å². The highest BCUT2D eigenvalue weighted by Crippen LogP contribution is 2.23. The van der Waals surface area contributed by atoms with E-state index >= 15 is 0 Å². The summed E-state index contributed by atoms with van der Waals surface area (Å²) in [6.45, 7) is 3.71. The van der Waals surface area contributed by atoms with E-state index in [-0.39, 0.29) is 5.91 Å². The standard InChI is InChI=1S/C22H29ClN2O/c23-21-13-7-5-9-19(21)10-6-8-14-22(26)25-17-15-24(16-18-25)20-11-3-1-2-4-12-20/h5-10,13-14,20H,1-4,11-12,15-18H2/b10-6+,14-8+. The maximum atomic E-state index is 12.4. The van der Waals surface area contributed by atoms with Crippen molar-refractivity contribution in [3.8, 4) is 0 Å².